The van der Waals surface area contributed by atoms with E-state index in [0.29, 0.717) is 18.7 Å². The molecule has 2 aromatic heterocycles. The molecule has 3 aromatic rings. The van der Waals surface area contributed by atoms with Gasteiger partial charge in [0.1, 0.15) is 5.75 Å². The third-order valence-electron chi connectivity index (χ3n) is 4.73. The number of benzene rings is 1. The maximum atomic E-state index is 13.5. The standard InChI is InChI=1S/C21H18F3N5O3/c1-12(30)29-10-16(11-29)28-15-4-13(6-25-9-15)14-7-26-21(27-8-14)31-17-2-3-18(22)19(5-17)32-20(23)24/h2-9,16,20,28H,10-11H2,1H3. The third-order valence-corrected chi connectivity index (χ3v) is 4.73. The SMILES string of the molecule is CC(=O)N1CC(Nc2cncc(-c3cnc(Oc4ccc(F)c(OC(F)F)c4)nc3)c2)C1. The third kappa shape index (κ3) is 5.05. The van der Waals surface area contributed by atoms with Crippen LogP contribution in [0.1, 0.15) is 6.92 Å². The van der Waals surface area contributed by atoms with Gasteiger partial charge in [0.2, 0.25) is 5.91 Å². The number of hydrogen-bond donors (Lipinski definition) is 1. The van der Waals surface area contributed by atoms with Crippen LogP contribution in [0, 0.1) is 5.82 Å². The Bertz CT molecular complexity index is 1110. The molecule has 1 fully saturated rings. The second-order valence-corrected chi connectivity index (χ2v) is 7.05. The van der Waals surface area contributed by atoms with E-state index in [9.17, 15) is 18.0 Å². The molecule has 0 aliphatic carbocycles. The molecule has 3 heterocycles. The molecule has 1 N–H and O–H groups in total. The van der Waals surface area contributed by atoms with Crippen molar-refractivity contribution < 1.29 is 27.4 Å². The van der Waals surface area contributed by atoms with Crippen LogP contribution in [0.5, 0.6) is 17.5 Å². The van der Waals surface area contributed by atoms with E-state index in [1.165, 1.54) is 25.4 Å². The van der Waals surface area contributed by atoms with E-state index in [1.54, 1.807) is 17.3 Å². The van der Waals surface area contributed by atoms with Crippen molar-refractivity contribution in [2.45, 2.75) is 19.6 Å². The van der Waals surface area contributed by atoms with Gasteiger partial charge in [0.05, 0.1) is 11.7 Å². The van der Waals surface area contributed by atoms with Crippen LogP contribution in [-0.4, -0.2) is 51.5 Å². The lowest BCUT2D eigenvalue weighted by Gasteiger charge is -2.39. The summed E-state index contributed by atoms with van der Waals surface area (Å²) in [5.74, 6) is -1.48. The number of carbonyl (C=O) groups is 1. The molecule has 0 unspecified atom stereocenters. The highest BCUT2D eigenvalue weighted by Crippen LogP contribution is 2.28. The Morgan fingerprint density at radius 2 is 1.88 bits per heavy atom. The molecule has 1 amide bonds. The van der Waals surface area contributed by atoms with Gasteiger partial charge in [0.15, 0.2) is 11.6 Å². The molecule has 1 aliphatic rings. The molecule has 0 atom stereocenters. The molecule has 1 aliphatic heterocycles. The van der Waals surface area contributed by atoms with Crippen molar-refractivity contribution in [3.63, 3.8) is 0 Å². The largest absolute Gasteiger partial charge is 0.432 e. The van der Waals surface area contributed by atoms with Gasteiger partial charge in [0, 0.05) is 62.0 Å². The molecule has 1 aromatic carbocycles. The summed E-state index contributed by atoms with van der Waals surface area (Å²) in [5.41, 5.74) is 2.24. The first-order chi connectivity index (χ1) is 15.4. The monoisotopic (exact) mass is 445 g/mol. The van der Waals surface area contributed by atoms with Gasteiger partial charge in [0.25, 0.3) is 0 Å². The Kier molecular flexibility index (Phi) is 6.06. The molecule has 11 heteroatoms. The Morgan fingerprint density at radius 1 is 1.12 bits per heavy atom. The smallest absolute Gasteiger partial charge is 0.387 e. The summed E-state index contributed by atoms with van der Waals surface area (Å²) in [7, 11) is 0. The van der Waals surface area contributed by atoms with Gasteiger partial charge < -0.3 is 19.7 Å². The molecular formula is C21H18F3N5O3. The first-order valence-electron chi connectivity index (χ1n) is 9.59. The number of anilines is 1. The number of halogens is 3. The minimum Gasteiger partial charge on any atom is -0.432 e. The lowest BCUT2D eigenvalue weighted by Crippen LogP contribution is -2.56. The normalized spacial score (nSPS) is 13.6. The van der Waals surface area contributed by atoms with Crippen LogP contribution in [-0.2, 0) is 4.79 Å². The van der Waals surface area contributed by atoms with Crippen LogP contribution in [0.2, 0.25) is 0 Å². The minimum absolute atomic E-state index is 0.0442. The van der Waals surface area contributed by atoms with E-state index >= 15 is 0 Å². The van der Waals surface area contributed by atoms with E-state index in [0.717, 1.165) is 23.4 Å². The van der Waals surface area contributed by atoms with Crippen LogP contribution in [0.15, 0.2) is 49.1 Å². The minimum atomic E-state index is -3.16. The molecule has 8 nitrogen and oxygen atoms in total. The van der Waals surface area contributed by atoms with Crippen LogP contribution in [0.3, 0.4) is 0 Å². The zero-order chi connectivity index (χ0) is 22.7. The van der Waals surface area contributed by atoms with Crippen molar-refractivity contribution >= 4 is 11.6 Å². The fraction of sp³-hybridized carbons (Fsp3) is 0.238. The lowest BCUT2D eigenvalue weighted by molar-refractivity contribution is -0.132. The van der Waals surface area contributed by atoms with E-state index < -0.39 is 18.2 Å². The second kappa shape index (κ2) is 9.08. The first-order valence-corrected chi connectivity index (χ1v) is 9.59. The Labute approximate surface area is 181 Å². The van der Waals surface area contributed by atoms with Gasteiger partial charge in [-0.25, -0.2) is 14.4 Å². The molecule has 0 spiro atoms. The molecule has 0 bridgehead atoms. The fourth-order valence-electron chi connectivity index (χ4n) is 3.10. The summed E-state index contributed by atoms with van der Waals surface area (Å²) < 4.78 is 47.7. The summed E-state index contributed by atoms with van der Waals surface area (Å²) in [6, 6.07) is 5.19. The summed E-state index contributed by atoms with van der Waals surface area (Å²) in [5, 5.41) is 3.32. The van der Waals surface area contributed by atoms with Crippen LogP contribution < -0.4 is 14.8 Å². The van der Waals surface area contributed by atoms with Crippen LogP contribution in [0.25, 0.3) is 11.1 Å². The molecule has 4 rings (SSSR count). The van der Waals surface area contributed by atoms with E-state index in [2.05, 4.69) is 25.0 Å². The highest BCUT2D eigenvalue weighted by Gasteiger charge is 2.28. The Hall–Kier alpha value is -3.89. The first kappa shape index (κ1) is 21.3. The summed E-state index contributed by atoms with van der Waals surface area (Å²) in [6.45, 7) is -0.339. The average molecular weight is 445 g/mol. The predicted molar refractivity (Wildman–Crippen MR) is 108 cm³/mol. The van der Waals surface area contributed by atoms with E-state index in [-0.39, 0.29) is 23.7 Å². The van der Waals surface area contributed by atoms with Crippen molar-refractivity contribution in [1.29, 1.82) is 0 Å². The van der Waals surface area contributed by atoms with Gasteiger partial charge in [-0.1, -0.05) is 0 Å². The summed E-state index contributed by atoms with van der Waals surface area (Å²) >= 11 is 0. The highest BCUT2D eigenvalue weighted by atomic mass is 19.3. The lowest BCUT2D eigenvalue weighted by atomic mass is 10.1. The Morgan fingerprint density at radius 3 is 2.56 bits per heavy atom. The number of nitrogens with zero attached hydrogens (tertiary/aromatic N) is 4. The zero-order valence-corrected chi connectivity index (χ0v) is 16.8. The number of carbonyl (C=O) groups excluding carboxylic acids is 1. The number of ether oxygens (including phenoxy) is 2. The number of nitrogens with one attached hydrogen (secondary N) is 1. The predicted octanol–water partition coefficient (Wildman–Crippen LogP) is 3.71. The fourth-order valence-corrected chi connectivity index (χ4v) is 3.10. The summed E-state index contributed by atoms with van der Waals surface area (Å²) in [6.07, 6.45) is 6.38. The quantitative estimate of drug-likeness (QED) is 0.593. The van der Waals surface area contributed by atoms with Crippen LogP contribution in [0.4, 0.5) is 18.9 Å². The maximum absolute atomic E-state index is 13.5. The molecule has 32 heavy (non-hydrogen) atoms. The Balaban J connectivity index is 1.41. The molecule has 0 saturated carbocycles. The average Bonchev–Trinajstić information content (AvgIpc) is 2.73. The van der Waals surface area contributed by atoms with Crippen molar-refractivity contribution in [2.24, 2.45) is 0 Å². The van der Waals surface area contributed by atoms with E-state index in [1.807, 2.05) is 6.07 Å². The maximum Gasteiger partial charge on any atom is 0.387 e. The van der Waals surface area contributed by atoms with Gasteiger partial charge in [-0.2, -0.15) is 8.78 Å². The molecule has 166 valence electrons. The molecular weight excluding hydrogens is 427 g/mol. The number of aromatic nitrogens is 3. The van der Waals surface area contributed by atoms with Gasteiger partial charge in [-0.3, -0.25) is 9.78 Å². The van der Waals surface area contributed by atoms with Crippen molar-refractivity contribution in [2.75, 3.05) is 18.4 Å². The van der Waals surface area contributed by atoms with Gasteiger partial charge in [-0.15, -0.1) is 0 Å². The van der Waals surface area contributed by atoms with Crippen molar-refractivity contribution in [1.82, 2.24) is 19.9 Å². The van der Waals surface area contributed by atoms with Crippen molar-refractivity contribution in [3.05, 3.63) is 54.9 Å². The number of likely N-dealkylation sites (tertiary alicyclic amines) is 1. The number of alkyl halides is 2. The molecule has 1 saturated heterocycles. The van der Waals surface area contributed by atoms with Gasteiger partial charge in [-0.05, 0) is 18.2 Å². The topological polar surface area (TPSA) is 89.5 Å². The second-order valence-electron chi connectivity index (χ2n) is 7.05. The molecule has 0 radical (unpaired) electrons. The zero-order valence-electron chi connectivity index (χ0n) is 16.8. The number of pyridine rings is 1. The number of rotatable bonds is 7. The number of hydrogen-bond acceptors (Lipinski definition) is 7. The van der Waals surface area contributed by atoms with Crippen molar-refractivity contribution in [3.8, 4) is 28.6 Å². The van der Waals surface area contributed by atoms with Crippen LogP contribution >= 0.6 is 0 Å². The highest BCUT2D eigenvalue weighted by molar-refractivity contribution is 5.74. The van der Waals surface area contributed by atoms with E-state index in [4.69, 9.17) is 4.74 Å². The van der Waals surface area contributed by atoms with Gasteiger partial charge >= 0.3 is 12.6 Å². The number of amides is 1. The summed E-state index contributed by atoms with van der Waals surface area (Å²) in [4.78, 5) is 25.5.